The van der Waals surface area contributed by atoms with E-state index in [0.717, 1.165) is 38.9 Å². The van der Waals surface area contributed by atoms with Gasteiger partial charge in [-0.1, -0.05) is 136 Å². The van der Waals surface area contributed by atoms with Gasteiger partial charge in [0, 0.05) is 38.9 Å². The molecule has 0 N–H and O–H groups in total. The number of allylic oxidation sites excluding steroid dienone is 1. The van der Waals surface area contributed by atoms with Gasteiger partial charge in [0.15, 0.2) is 0 Å². The number of fused-ring (bicyclic) bond motifs is 6. The van der Waals surface area contributed by atoms with Crippen LogP contribution in [0, 0.1) is 18.2 Å². The Bertz CT molecular complexity index is 2320. The second-order valence-electron chi connectivity index (χ2n) is 14.4. The Morgan fingerprint density at radius 1 is 0.808 bits per heavy atom. The maximum absolute atomic E-state index is 7.68. The maximum atomic E-state index is 7.68. The summed E-state index contributed by atoms with van der Waals surface area (Å²) in [6.07, 6.45) is 5.70. The van der Waals surface area contributed by atoms with Crippen molar-refractivity contribution in [1.29, 1.82) is 0 Å². The zero-order valence-corrected chi connectivity index (χ0v) is 33.0. The van der Waals surface area contributed by atoms with E-state index in [0.29, 0.717) is 0 Å². The average Bonchev–Trinajstić information content (AvgIpc) is 3.85. The van der Waals surface area contributed by atoms with Crippen LogP contribution in [0.2, 0.25) is 0 Å². The molecule has 0 fully saturated rings. The van der Waals surface area contributed by atoms with E-state index in [1.807, 2.05) is 35.4 Å². The van der Waals surface area contributed by atoms with Gasteiger partial charge in [0.2, 0.25) is 0 Å². The van der Waals surface area contributed by atoms with E-state index in [-0.39, 0.29) is 37.9 Å². The van der Waals surface area contributed by atoms with Crippen molar-refractivity contribution in [2.45, 2.75) is 38.0 Å². The quantitative estimate of drug-likeness (QED) is 0.101. The van der Waals surface area contributed by atoms with Gasteiger partial charge >= 0.3 is 27.1 Å². The first-order valence-corrected chi connectivity index (χ1v) is 17.7. The summed E-state index contributed by atoms with van der Waals surface area (Å²) in [6, 6.07) is 43.4. The molecule has 0 aliphatic carbocycles. The molecular weight excluding hydrogens is 834 g/mol. The number of rotatable bonds is 3. The predicted molar refractivity (Wildman–Crippen MR) is 215 cm³/mol. The van der Waals surface area contributed by atoms with Crippen LogP contribution in [-0.2, 0) is 38.1 Å². The van der Waals surface area contributed by atoms with Crippen molar-refractivity contribution in [3.05, 3.63) is 158 Å². The summed E-state index contributed by atoms with van der Waals surface area (Å²) in [5, 5.41) is 0. The third-order valence-corrected chi connectivity index (χ3v) is 11.5. The molecule has 52 heavy (non-hydrogen) atoms. The molecule has 0 amide bonds. The monoisotopic (exact) mass is 878 g/mol. The minimum Gasteiger partial charge on any atom is -0.778 e. The van der Waals surface area contributed by atoms with Crippen LogP contribution in [0.25, 0.3) is 33.6 Å². The molecule has 6 aromatic rings. The number of para-hydroxylation sites is 1. The first-order chi connectivity index (χ1) is 25.8. The zero-order chi connectivity index (χ0) is 38.0. The summed E-state index contributed by atoms with van der Waals surface area (Å²) < 4.78 is 25.3. The van der Waals surface area contributed by atoms with Crippen LogP contribution >= 0.6 is 0 Å². The molecule has 0 radical (unpaired) electrons. The van der Waals surface area contributed by atoms with Gasteiger partial charge in [0.05, 0.1) is 0 Å². The summed E-state index contributed by atoms with van der Waals surface area (Å²) in [6.45, 7) is 8.11. The normalized spacial score (nSPS) is 17.1. The largest absolute Gasteiger partial charge is 3.00 e. The van der Waals surface area contributed by atoms with Crippen LogP contribution in [0.5, 0.6) is 0 Å². The SMILES string of the molecule is CN1B(c2c(-c3ccccc3)cccc2-c2ccccc2)n2ccnc2-c2[c-]cccc21.[2H]C([2H])([2H])N1C=C2N([CH-]1)c1c([S-])cccc1C(C)(C)C2(C)C.[Ir+3]. The Morgan fingerprint density at radius 3 is 2.12 bits per heavy atom. The minimum atomic E-state index is -2.19. The van der Waals surface area contributed by atoms with E-state index in [1.165, 1.54) is 32.6 Å². The molecule has 8 heteroatoms. The van der Waals surface area contributed by atoms with Crippen molar-refractivity contribution in [2.75, 3.05) is 23.7 Å². The number of anilines is 2. The molecule has 0 saturated carbocycles. The van der Waals surface area contributed by atoms with Gasteiger partial charge in [0.25, 0.3) is 0 Å². The fourth-order valence-corrected chi connectivity index (χ4v) is 8.11. The fraction of sp³-hybridized carbons (Fsp3) is 0.182. The summed E-state index contributed by atoms with van der Waals surface area (Å²) in [5.41, 5.74) is 11.0. The summed E-state index contributed by atoms with van der Waals surface area (Å²) in [7, 11) is 2.16. The molecule has 9 rings (SSSR count). The van der Waals surface area contributed by atoms with E-state index in [4.69, 9.17) is 21.7 Å². The van der Waals surface area contributed by atoms with Gasteiger partial charge < -0.3 is 31.7 Å². The second-order valence-corrected chi connectivity index (χ2v) is 14.8. The molecule has 0 bridgehead atoms. The Kier molecular flexibility index (Phi) is 8.47. The summed E-state index contributed by atoms with van der Waals surface area (Å²) in [5.74, 6) is 0.950. The molecule has 5 aromatic carbocycles. The first kappa shape index (κ1) is 32.1. The van der Waals surface area contributed by atoms with Crippen molar-refractivity contribution in [3.8, 4) is 33.6 Å². The smallest absolute Gasteiger partial charge is 0.778 e. The number of hydrogen-bond acceptors (Lipinski definition) is 5. The fourth-order valence-electron chi connectivity index (χ4n) is 7.82. The van der Waals surface area contributed by atoms with Crippen molar-refractivity contribution in [3.63, 3.8) is 0 Å². The van der Waals surface area contributed by atoms with Crippen LogP contribution < -0.4 is 15.2 Å². The number of hydrogen-bond donors (Lipinski definition) is 0. The van der Waals surface area contributed by atoms with Crippen LogP contribution in [0.4, 0.5) is 11.4 Å². The second kappa shape index (κ2) is 13.7. The van der Waals surface area contributed by atoms with E-state index < -0.39 is 6.98 Å². The molecule has 5 nitrogen and oxygen atoms in total. The van der Waals surface area contributed by atoms with Crippen LogP contribution in [-0.4, -0.2) is 35.4 Å². The molecule has 0 atom stereocenters. The molecule has 0 saturated heterocycles. The number of imidazole rings is 1. The van der Waals surface area contributed by atoms with E-state index in [9.17, 15) is 0 Å². The first-order valence-electron chi connectivity index (χ1n) is 18.8. The Morgan fingerprint density at radius 2 is 1.46 bits per heavy atom. The van der Waals surface area contributed by atoms with Crippen molar-refractivity contribution in [2.24, 2.45) is 5.41 Å². The number of benzene rings is 5. The number of aromatic nitrogens is 2. The number of nitrogens with zero attached hydrogens (tertiary/aromatic N) is 5. The summed E-state index contributed by atoms with van der Waals surface area (Å²) >= 11 is 5.52. The van der Waals surface area contributed by atoms with Gasteiger partial charge in [-0.2, -0.15) is 11.6 Å². The van der Waals surface area contributed by atoms with Crippen LogP contribution in [0.3, 0.4) is 0 Å². The minimum absolute atomic E-state index is 0. The van der Waals surface area contributed by atoms with Gasteiger partial charge in [-0.05, 0) is 59.2 Å². The van der Waals surface area contributed by atoms with Gasteiger partial charge in [-0.3, -0.25) is 4.98 Å². The van der Waals surface area contributed by atoms with E-state index in [2.05, 4.69) is 147 Å². The molecular formula is C44H41BIrN5S. The Hall–Kier alpha value is -4.62. The van der Waals surface area contributed by atoms with Crippen LogP contribution in [0.1, 0.15) is 37.4 Å². The van der Waals surface area contributed by atoms with Crippen LogP contribution in [0.15, 0.2) is 144 Å². The van der Waals surface area contributed by atoms with Crippen molar-refractivity contribution >= 4 is 36.4 Å². The zero-order valence-electron chi connectivity index (χ0n) is 32.8. The van der Waals surface area contributed by atoms with Crippen molar-refractivity contribution in [1.82, 2.24) is 14.4 Å². The Labute approximate surface area is 332 Å². The predicted octanol–water partition coefficient (Wildman–Crippen LogP) is 9.00. The van der Waals surface area contributed by atoms with Gasteiger partial charge in [-0.15, -0.1) is 24.3 Å². The van der Waals surface area contributed by atoms with Gasteiger partial charge in [0.1, 0.15) is 0 Å². The standard InChI is InChI=1S/C28H21BN3.C16H21N2S.Ir/c1-31-26-18-9-8-15-25(26)28-30-19-20-32(28)29(31)27-23(21-11-4-2-5-12-21)16-10-17-24(27)22-13-6-3-7-14-22;1-15(2)11-7-6-8-12(19)14(11)18-10-17(5)9-13(18)16(15,3)4;/h2-14,16-20H,1H3;6-10,19H,1-5H3;/q2*-1;+3/p-1/i;5D3;. The molecule has 260 valence electrons. The topological polar surface area (TPSA) is 27.5 Å². The molecule has 3 aliphatic heterocycles. The maximum Gasteiger partial charge on any atom is 3.00 e. The molecule has 1 aromatic heterocycles. The van der Waals surface area contributed by atoms with E-state index >= 15 is 0 Å². The molecule has 0 unspecified atom stereocenters. The third kappa shape index (κ3) is 5.69. The molecule has 4 heterocycles. The van der Waals surface area contributed by atoms with Crippen molar-refractivity contribution < 1.29 is 24.2 Å². The third-order valence-electron chi connectivity index (χ3n) is 11.1. The molecule has 0 spiro atoms. The van der Waals surface area contributed by atoms with Gasteiger partial charge in [-0.25, -0.2) is 0 Å². The Balaban J connectivity index is 0.000000178. The average molecular weight is 878 g/mol. The van der Waals surface area contributed by atoms with E-state index in [1.54, 1.807) is 12.9 Å². The summed E-state index contributed by atoms with van der Waals surface area (Å²) in [4.78, 5) is 11.1. The molecule has 3 aliphatic rings.